The third-order valence-corrected chi connectivity index (χ3v) is 10.3. The Labute approximate surface area is 240 Å². The summed E-state index contributed by atoms with van der Waals surface area (Å²) in [7, 11) is 0. The zero-order valence-corrected chi connectivity index (χ0v) is 23.2. The third-order valence-electron chi connectivity index (χ3n) is 5.88. The normalized spacial score (nSPS) is 13.2. The lowest BCUT2D eigenvalue weighted by molar-refractivity contribution is 1.24. The molecule has 6 rings (SSSR count). The molecule has 0 unspecified atom stereocenters. The van der Waals surface area contributed by atoms with E-state index in [1.165, 1.54) is 22.7 Å². The van der Waals surface area contributed by atoms with Crippen LogP contribution in [0.15, 0.2) is 46.4 Å². The lowest BCUT2D eigenvalue weighted by atomic mass is 10.1. The third kappa shape index (κ3) is 4.24. The van der Waals surface area contributed by atoms with Gasteiger partial charge >= 0.3 is 0 Å². The van der Waals surface area contributed by atoms with E-state index in [1.54, 1.807) is 34.8 Å². The molecule has 40 heavy (non-hydrogen) atoms. The molecule has 1 aliphatic rings. The van der Waals surface area contributed by atoms with Crippen LogP contribution in [0, 0.1) is 56.1 Å². The minimum atomic E-state index is -0.195. The molecule has 4 aromatic heterocycles. The lowest BCUT2D eigenvalue weighted by Crippen LogP contribution is -2.34. The predicted molar refractivity (Wildman–Crippen MR) is 159 cm³/mol. The molecule has 5 heterocycles. The molecule has 0 saturated heterocycles. The number of hydrogen-bond acceptors (Lipinski definition) is 10. The number of nitrogens with zero attached hydrogens (tertiary/aromatic N) is 6. The summed E-state index contributed by atoms with van der Waals surface area (Å²) in [4.78, 5) is 10.7. The molecule has 0 amide bonds. The van der Waals surface area contributed by atoms with Gasteiger partial charge in [-0.05, 0) is 48.6 Å². The second kappa shape index (κ2) is 9.91. The molecule has 2 N–H and O–H groups in total. The Bertz CT molecular complexity index is 2320. The van der Waals surface area contributed by atoms with Gasteiger partial charge in [0.15, 0.2) is 11.7 Å². The highest BCUT2D eigenvalue weighted by Gasteiger charge is 2.18. The summed E-state index contributed by atoms with van der Waals surface area (Å²) in [6.45, 7) is 0. The molecule has 186 valence electrons. The van der Waals surface area contributed by atoms with Gasteiger partial charge in [-0.25, -0.2) is 9.98 Å². The molecule has 5 aromatic rings. The standard InChI is InChI=1S/C28H10N8S4/c29-9-13(10-30)21-3-1-15(37-21)5-17-7-19-23-24(36-28(34)27(33)35-23)20-8-18(40-26(20)25(19)39-17)6-16-2-4-22(38-16)14(11-31)12-32/h1-8,33-34H/b15-5+,16-6+,33-27?,34-28?. The summed E-state index contributed by atoms with van der Waals surface area (Å²) >= 11 is 5.87. The molecule has 12 heteroatoms. The second-order valence-corrected chi connectivity index (χ2v) is 12.7. The minimum absolute atomic E-state index is 0.0766. The Morgan fingerprint density at radius 1 is 0.625 bits per heavy atom. The van der Waals surface area contributed by atoms with Crippen LogP contribution in [0.2, 0.25) is 0 Å². The molecular formula is C28H10N8S4. The fourth-order valence-corrected chi connectivity index (χ4v) is 8.49. The van der Waals surface area contributed by atoms with E-state index >= 15 is 0 Å². The Kier molecular flexibility index (Phi) is 6.24. The van der Waals surface area contributed by atoms with Crippen LogP contribution < -0.4 is 28.8 Å². The van der Waals surface area contributed by atoms with Gasteiger partial charge in [0.1, 0.15) is 46.1 Å². The van der Waals surface area contributed by atoms with E-state index in [-0.39, 0.29) is 22.8 Å². The highest BCUT2D eigenvalue weighted by molar-refractivity contribution is 7.28. The maximum atomic E-state index is 9.18. The Morgan fingerprint density at radius 3 is 1.40 bits per heavy atom. The van der Waals surface area contributed by atoms with Crippen LogP contribution >= 0.6 is 45.3 Å². The van der Waals surface area contributed by atoms with Crippen molar-refractivity contribution in [1.29, 1.82) is 31.9 Å². The van der Waals surface area contributed by atoms with Crippen LogP contribution in [0.25, 0.3) is 43.5 Å². The van der Waals surface area contributed by atoms with Crippen LogP contribution in [-0.4, -0.2) is 11.7 Å². The molecule has 8 nitrogen and oxygen atoms in total. The summed E-state index contributed by atoms with van der Waals surface area (Å²) in [5, 5.41) is 55.7. The van der Waals surface area contributed by atoms with Gasteiger partial charge in [0.2, 0.25) is 0 Å². The van der Waals surface area contributed by atoms with E-state index in [0.29, 0.717) is 19.8 Å². The van der Waals surface area contributed by atoms with Crippen molar-refractivity contribution in [2.24, 2.45) is 9.98 Å². The van der Waals surface area contributed by atoms with Gasteiger partial charge in [0.25, 0.3) is 0 Å². The van der Waals surface area contributed by atoms with Gasteiger partial charge in [-0.2, -0.15) is 21.0 Å². The molecule has 0 aliphatic carbocycles. The largest absolute Gasteiger partial charge is 0.280 e. The Morgan fingerprint density at radius 2 is 1.02 bits per heavy atom. The smallest absolute Gasteiger partial charge is 0.190 e. The summed E-state index contributed by atoms with van der Waals surface area (Å²) < 4.78 is 4.99. The average molecular weight is 587 g/mol. The number of benzene rings is 1. The molecule has 0 fully saturated rings. The zero-order valence-electron chi connectivity index (χ0n) is 19.9. The van der Waals surface area contributed by atoms with Crippen LogP contribution in [0.4, 0.5) is 0 Å². The van der Waals surface area contributed by atoms with Gasteiger partial charge in [-0.1, -0.05) is 0 Å². The Balaban J connectivity index is 1.62. The fourth-order valence-electron chi connectivity index (χ4n) is 4.14. The number of rotatable bonds is 2. The van der Waals surface area contributed by atoms with E-state index in [0.717, 1.165) is 39.0 Å². The average Bonchev–Trinajstić information content (AvgIpc) is 3.74. The van der Waals surface area contributed by atoms with Gasteiger partial charge in [-0.15, -0.1) is 45.3 Å². The van der Waals surface area contributed by atoms with Crippen LogP contribution in [0.5, 0.6) is 0 Å². The van der Waals surface area contributed by atoms with E-state index < -0.39 is 0 Å². The quantitative estimate of drug-likeness (QED) is 0.324. The first-order valence-electron chi connectivity index (χ1n) is 11.3. The molecule has 1 aliphatic heterocycles. The van der Waals surface area contributed by atoms with Crippen molar-refractivity contribution in [2.75, 3.05) is 0 Å². The molecule has 0 spiro atoms. The summed E-state index contributed by atoms with van der Waals surface area (Å²) in [6.07, 6.45) is 3.98. The molecule has 0 saturated carbocycles. The summed E-state index contributed by atoms with van der Waals surface area (Å²) in [5.74, 6) is -0.391. The zero-order chi connectivity index (χ0) is 28.0. The number of nitriles is 4. The monoisotopic (exact) mass is 586 g/mol. The van der Waals surface area contributed by atoms with E-state index in [9.17, 15) is 21.0 Å². The predicted octanol–water partition coefficient (Wildman–Crippen LogP) is 2.50. The van der Waals surface area contributed by atoms with Crippen molar-refractivity contribution in [2.45, 2.75) is 0 Å². The lowest BCUT2D eigenvalue weighted by Gasteiger charge is -2.04. The van der Waals surface area contributed by atoms with Crippen LogP contribution in [0.3, 0.4) is 0 Å². The van der Waals surface area contributed by atoms with Gasteiger partial charge in [0, 0.05) is 29.6 Å². The van der Waals surface area contributed by atoms with E-state index in [4.69, 9.17) is 10.8 Å². The van der Waals surface area contributed by atoms with Crippen molar-refractivity contribution in [3.63, 3.8) is 0 Å². The topological polar surface area (TPSA) is 168 Å². The number of thiophene rings is 4. The highest BCUT2D eigenvalue weighted by Crippen LogP contribution is 2.35. The van der Waals surface area contributed by atoms with E-state index in [2.05, 4.69) is 9.98 Å². The number of hydrogen-bond donors (Lipinski definition) is 2. The van der Waals surface area contributed by atoms with Crippen LogP contribution in [0.1, 0.15) is 9.75 Å². The van der Waals surface area contributed by atoms with Crippen molar-refractivity contribution in [3.8, 4) is 24.3 Å². The van der Waals surface area contributed by atoms with Crippen LogP contribution in [-0.2, 0) is 0 Å². The fraction of sp³-hybridized carbons (Fsp3) is 0. The van der Waals surface area contributed by atoms with Gasteiger partial charge in [0.05, 0.1) is 18.5 Å². The first kappa shape index (κ1) is 25.2. The maximum absolute atomic E-state index is 9.18. The second-order valence-electron chi connectivity index (χ2n) is 8.29. The number of nitrogens with one attached hydrogen (secondary N) is 2. The number of amidine groups is 2. The SMILES string of the molecule is N#CC(C#N)=c1cc/c(=C\c2cc3c4c(c5cc(/C=c6\ccc(=C(C#N)C#N)s6)sc5c3s2)=NC(=N)C(=N)N=4)s1. The summed E-state index contributed by atoms with van der Waals surface area (Å²) in [5.41, 5.74) is 0.153. The highest BCUT2D eigenvalue weighted by atomic mass is 32.1. The number of fused-ring (bicyclic) bond motifs is 6. The summed E-state index contributed by atoms with van der Waals surface area (Å²) in [6, 6.07) is 19.0. The Hall–Kier alpha value is -5.08. The van der Waals surface area contributed by atoms with Gasteiger partial charge < -0.3 is 0 Å². The molecule has 1 aromatic carbocycles. The molecule has 0 atom stereocenters. The molecule has 0 radical (unpaired) electrons. The maximum Gasteiger partial charge on any atom is 0.190 e. The molecule has 0 bridgehead atoms. The van der Waals surface area contributed by atoms with Crippen molar-refractivity contribution >= 4 is 100 Å². The van der Waals surface area contributed by atoms with Crippen molar-refractivity contribution in [3.05, 3.63) is 75.0 Å². The molecular weight excluding hydrogens is 577 g/mol. The minimum Gasteiger partial charge on any atom is -0.280 e. The first-order valence-corrected chi connectivity index (χ1v) is 14.6. The van der Waals surface area contributed by atoms with E-state index in [1.807, 2.05) is 60.7 Å². The first-order chi connectivity index (χ1) is 19.4. The van der Waals surface area contributed by atoms with Gasteiger partial charge in [-0.3, -0.25) is 10.8 Å². The van der Waals surface area contributed by atoms with Crippen molar-refractivity contribution in [1.82, 2.24) is 0 Å². The van der Waals surface area contributed by atoms with Crippen molar-refractivity contribution < 1.29 is 0 Å².